The average molecular weight is 304 g/mol. The minimum Gasteiger partial charge on any atom is -0.299 e. The van der Waals surface area contributed by atoms with Crippen molar-refractivity contribution in [1.82, 2.24) is 0 Å². The number of allylic oxidation sites excluding steroid dienone is 1. The molecular weight excluding hydrogens is 280 g/mol. The molecule has 0 heterocycles. The summed E-state index contributed by atoms with van der Waals surface area (Å²) in [5.41, 5.74) is 3.21. The summed E-state index contributed by atoms with van der Waals surface area (Å²) in [7, 11) is 0. The third-order valence-corrected chi connectivity index (χ3v) is 5.02. The predicted molar refractivity (Wildman–Crippen MR) is 96.1 cm³/mol. The second-order valence-electron chi connectivity index (χ2n) is 6.72. The predicted octanol–water partition coefficient (Wildman–Crippen LogP) is 5.46. The summed E-state index contributed by atoms with van der Waals surface area (Å²) in [6, 6.07) is 20.7. The zero-order valence-electron chi connectivity index (χ0n) is 13.6. The molecule has 2 aromatic rings. The summed E-state index contributed by atoms with van der Waals surface area (Å²) in [6.07, 6.45) is 5.47. The van der Waals surface area contributed by atoms with Gasteiger partial charge in [-0.15, -0.1) is 0 Å². The van der Waals surface area contributed by atoms with E-state index in [1.54, 1.807) is 0 Å². The van der Waals surface area contributed by atoms with Gasteiger partial charge in [-0.05, 0) is 42.4 Å². The molecule has 118 valence electrons. The van der Waals surface area contributed by atoms with E-state index in [0.29, 0.717) is 5.78 Å². The number of carbonyl (C=O) groups excluding carboxylic acids is 1. The maximum atomic E-state index is 12.8. The molecule has 0 radical (unpaired) electrons. The Labute approximate surface area is 139 Å². The zero-order chi connectivity index (χ0) is 16.1. The van der Waals surface area contributed by atoms with E-state index in [-0.39, 0.29) is 5.41 Å². The van der Waals surface area contributed by atoms with E-state index in [1.807, 2.05) is 24.3 Å². The van der Waals surface area contributed by atoms with Crippen molar-refractivity contribution in [2.45, 2.75) is 38.5 Å². The van der Waals surface area contributed by atoms with Crippen molar-refractivity contribution in [2.75, 3.05) is 0 Å². The first-order valence-corrected chi connectivity index (χ1v) is 8.50. The lowest BCUT2D eigenvalue weighted by atomic mass is 9.65. The Bertz CT molecular complexity index is 672. The molecule has 0 saturated heterocycles. The highest BCUT2D eigenvalue weighted by Gasteiger charge is 2.40. The first-order chi connectivity index (χ1) is 11.2. The fraction of sp³-hybridized carbons (Fsp3) is 0.318. The highest BCUT2D eigenvalue weighted by Crippen LogP contribution is 2.43. The van der Waals surface area contributed by atoms with Crippen LogP contribution in [-0.4, -0.2) is 5.78 Å². The second kappa shape index (κ2) is 6.95. The summed E-state index contributed by atoms with van der Waals surface area (Å²) in [6.45, 7) is 4.29. The standard InChI is InChI=1S/C22H24O/c1-18(20-12-6-3-7-13-20)16-22(15-9-8-14-21(22)23)17-19-10-4-2-5-11-19/h2-7,10-13H,1,8-9,14-17H2/t22-/m0/s1. The van der Waals surface area contributed by atoms with Gasteiger partial charge in [0.1, 0.15) is 5.78 Å². The molecular formula is C22H24O. The lowest BCUT2D eigenvalue weighted by molar-refractivity contribution is -0.131. The number of carbonyl (C=O) groups is 1. The van der Waals surface area contributed by atoms with Crippen LogP contribution in [0.5, 0.6) is 0 Å². The van der Waals surface area contributed by atoms with Gasteiger partial charge in [-0.25, -0.2) is 0 Å². The quantitative estimate of drug-likeness (QED) is 0.716. The SMILES string of the molecule is C=C(C[C@]1(Cc2ccccc2)CCCCC1=O)c1ccccc1. The molecule has 0 aliphatic heterocycles. The summed E-state index contributed by atoms with van der Waals surface area (Å²) in [5.74, 6) is 0.421. The molecule has 0 aromatic heterocycles. The molecule has 1 heteroatoms. The molecule has 23 heavy (non-hydrogen) atoms. The lowest BCUT2D eigenvalue weighted by Crippen LogP contribution is -2.36. The van der Waals surface area contributed by atoms with Crippen molar-refractivity contribution in [3.63, 3.8) is 0 Å². The topological polar surface area (TPSA) is 17.1 Å². The van der Waals surface area contributed by atoms with Crippen molar-refractivity contribution in [3.05, 3.63) is 78.4 Å². The Morgan fingerprint density at radius 3 is 2.26 bits per heavy atom. The van der Waals surface area contributed by atoms with Crippen LogP contribution in [0, 0.1) is 5.41 Å². The average Bonchev–Trinajstić information content (AvgIpc) is 2.59. The van der Waals surface area contributed by atoms with Crippen LogP contribution in [0.15, 0.2) is 67.2 Å². The Hall–Kier alpha value is -2.15. The molecule has 0 N–H and O–H groups in total. The van der Waals surface area contributed by atoms with Gasteiger partial charge in [-0.3, -0.25) is 4.79 Å². The Balaban J connectivity index is 1.86. The normalized spacial score (nSPS) is 21.1. The molecule has 1 fully saturated rings. The fourth-order valence-electron chi connectivity index (χ4n) is 3.76. The molecule has 2 aromatic carbocycles. The van der Waals surface area contributed by atoms with Gasteiger partial charge in [-0.2, -0.15) is 0 Å². The minimum absolute atomic E-state index is 0.271. The van der Waals surface area contributed by atoms with Crippen molar-refractivity contribution in [1.29, 1.82) is 0 Å². The van der Waals surface area contributed by atoms with Gasteiger partial charge in [0, 0.05) is 11.8 Å². The van der Waals surface area contributed by atoms with Crippen LogP contribution < -0.4 is 0 Å². The monoisotopic (exact) mass is 304 g/mol. The molecule has 1 atom stereocenters. The van der Waals surface area contributed by atoms with Gasteiger partial charge in [0.05, 0.1) is 0 Å². The maximum absolute atomic E-state index is 12.8. The number of rotatable bonds is 5. The van der Waals surface area contributed by atoms with Crippen molar-refractivity contribution in [2.24, 2.45) is 5.41 Å². The third-order valence-electron chi connectivity index (χ3n) is 5.02. The lowest BCUT2D eigenvalue weighted by Gasteiger charge is -2.37. The van der Waals surface area contributed by atoms with Gasteiger partial charge in [0.15, 0.2) is 0 Å². The van der Waals surface area contributed by atoms with Gasteiger partial charge in [0.2, 0.25) is 0 Å². The van der Waals surface area contributed by atoms with Crippen molar-refractivity contribution in [3.8, 4) is 0 Å². The van der Waals surface area contributed by atoms with E-state index in [2.05, 4.69) is 43.0 Å². The number of ketones is 1. The molecule has 1 aliphatic carbocycles. The minimum atomic E-state index is -0.271. The Morgan fingerprint density at radius 1 is 0.957 bits per heavy atom. The molecule has 1 nitrogen and oxygen atoms in total. The number of hydrogen-bond acceptors (Lipinski definition) is 1. The molecule has 3 rings (SSSR count). The Morgan fingerprint density at radius 2 is 1.61 bits per heavy atom. The fourth-order valence-corrected chi connectivity index (χ4v) is 3.76. The molecule has 0 unspecified atom stereocenters. The van der Waals surface area contributed by atoms with E-state index in [4.69, 9.17) is 0 Å². The molecule has 0 bridgehead atoms. The molecule has 1 aliphatic rings. The number of hydrogen-bond donors (Lipinski definition) is 0. The molecule has 0 spiro atoms. The van der Waals surface area contributed by atoms with E-state index in [1.165, 1.54) is 5.56 Å². The van der Waals surface area contributed by atoms with Gasteiger partial charge < -0.3 is 0 Å². The van der Waals surface area contributed by atoms with Crippen LogP contribution in [0.2, 0.25) is 0 Å². The Kier molecular flexibility index (Phi) is 4.76. The zero-order valence-corrected chi connectivity index (χ0v) is 13.6. The van der Waals surface area contributed by atoms with Crippen LogP contribution in [0.4, 0.5) is 0 Å². The van der Waals surface area contributed by atoms with E-state index >= 15 is 0 Å². The second-order valence-corrected chi connectivity index (χ2v) is 6.72. The summed E-state index contributed by atoms with van der Waals surface area (Å²) in [5, 5.41) is 0. The van der Waals surface area contributed by atoms with Crippen LogP contribution in [0.3, 0.4) is 0 Å². The summed E-state index contributed by atoms with van der Waals surface area (Å²) >= 11 is 0. The van der Waals surface area contributed by atoms with Crippen LogP contribution in [0.1, 0.15) is 43.2 Å². The van der Waals surface area contributed by atoms with Crippen LogP contribution in [-0.2, 0) is 11.2 Å². The highest BCUT2D eigenvalue weighted by molar-refractivity contribution is 5.88. The number of Topliss-reactive ketones (excluding diaryl/α,β-unsaturated/α-hetero) is 1. The van der Waals surface area contributed by atoms with Crippen molar-refractivity contribution < 1.29 is 4.79 Å². The largest absolute Gasteiger partial charge is 0.299 e. The van der Waals surface area contributed by atoms with E-state index in [0.717, 1.165) is 49.7 Å². The maximum Gasteiger partial charge on any atom is 0.139 e. The smallest absolute Gasteiger partial charge is 0.139 e. The third kappa shape index (κ3) is 3.61. The van der Waals surface area contributed by atoms with Crippen molar-refractivity contribution >= 4 is 11.4 Å². The molecule has 1 saturated carbocycles. The van der Waals surface area contributed by atoms with Gasteiger partial charge >= 0.3 is 0 Å². The molecule has 0 amide bonds. The highest BCUT2D eigenvalue weighted by atomic mass is 16.1. The van der Waals surface area contributed by atoms with Gasteiger partial charge in [0.25, 0.3) is 0 Å². The van der Waals surface area contributed by atoms with E-state index in [9.17, 15) is 4.79 Å². The summed E-state index contributed by atoms with van der Waals surface area (Å²) in [4.78, 5) is 12.8. The van der Waals surface area contributed by atoms with Crippen LogP contribution in [0.25, 0.3) is 5.57 Å². The van der Waals surface area contributed by atoms with E-state index < -0.39 is 0 Å². The van der Waals surface area contributed by atoms with Gasteiger partial charge in [-0.1, -0.05) is 73.7 Å². The summed E-state index contributed by atoms with van der Waals surface area (Å²) < 4.78 is 0. The first kappa shape index (κ1) is 15.7. The van der Waals surface area contributed by atoms with Crippen LogP contribution >= 0.6 is 0 Å². The number of benzene rings is 2. The first-order valence-electron chi connectivity index (χ1n) is 8.50.